The number of benzene rings is 2. The van der Waals surface area contributed by atoms with Gasteiger partial charge in [-0.05, 0) is 48.5 Å². The van der Waals surface area contributed by atoms with E-state index in [2.05, 4.69) is 4.99 Å². The van der Waals surface area contributed by atoms with Crippen molar-refractivity contribution < 1.29 is 18.4 Å². The number of rotatable bonds is 2. The minimum atomic E-state index is -0.714. The summed E-state index contributed by atoms with van der Waals surface area (Å²) in [4.78, 5) is 35.9. The molecule has 3 aliphatic heterocycles. The molecule has 2 atom stereocenters. The molecule has 0 radical (unpaired) electrons. The topological polar surface area (TPSA) is 59.5 Å². The van der Waals surface area contributed by atoms with E-state index in [4.69, 9.17) is 0 Å². The first-order valence-electron chi connectivity index (χ1n) is 9.31. The standard InChI is InChI=1S/C21H17F2N5O2/c1-25-18-17(19(29)26(2)21(25)30)27-11-16(12-3-5-13(22)6-4-12)28(20(27)24-18)15-9-7-14(23)8-10-15/h3-11,17-18H,1-2H3. The zero-order valence-electron chi connectivity index (χ0n) is 16.2. The fourth-order valence-electron chi connectivity index (χ4n) is 3.99. The van der Waals surface area contributed by atoms with Crippen LogP contribution in [0.2, 0.25) is 0 Å². The van der Waals surface area contributed by atoms with E-state index < -0.39 is 18.2 Å². The molecule has 30 heavy (non-hydrogen) atoms. The van der Waals surface area contributed by atoms with Gasteiger partial charge in [0.25, 0.3) is 5.91 Å². The summed E-state index contributed by atoms with van der Waals surface area (Å²) in [6, 6.07) is 10.7. The lowest BCUT2D eigenvalue weighted by atomic mass is 10.1. The number of aliphatic imine (C=N–C) groups is 1. The molecular weight excluding hydrogens is 392 g/mol. The van der Waals surface area contributed by atoms with Crippen LogP contribution in [0, 0.1) is 11.6 Å². The summed E-state index contributed by atoms with van der Waals surface area (Å²) in [5, 5.41) is 0. The van der Waals surface area contributed by atoms with Gasteiger partial charge in [0.15, 0.2) is 12.2 Å². The number of fused-ring (bicyclic) bond motifs is 3. The van der Waals surface area contributed by atoms with Crippen LogP contribution in [0.1, 0.15) is 5.56 Å². The van der Waals surface area contributed by atoms with Gasteiger partial charge in [-0.1, -0.05) is 0 Å². The fourth-order valence-corrected chi connectivity index (χ4v) is 3.99. The lowest BCUT2D eigenvalue weighted by Gasteiger charge is -2.38. The molecule has 0 N–H and O–H groups in total. The fraction of sp³-hybridized carbons (Fsp3) is 0.190. The smallest absolute Gasteiger partial charge is 0.302 e. The first kappa shape index (κ1) is 18.3. The van der Waals surface area contributed by atoms with Crippen LogP contribution in [0.4, 0.5) is 19.3 Å². The molecule has 1 fully saturated rings. The third kappa shape index (κ3) is 2.51. The first-order chi connectivity index (χ1) is 14.4. The predicted molar refractivity (Wildman–Crippen MR) is 106 cm³/mol. The van der Waals surface area contributed by atoms with Gasteiger partial charge in [0.05, 0.1) is 5.70 Å². The molecule has 1 saturated heterocycles. The number of urea groups is 1. The van der Waals surface area contributed by atoms with Gasteiger partial charge in [-0.25, -0.2) is 18.6 Å². The number of halogens is 2. The average molecular weight is 409 g/mol. The molecule has 0 aliphatic carbocycles. The molecule has 2 aromatic rings. The molecular formula is C21H17F2N5O2. The van der Waals surface area contributed by atoms with Crippen molar-refractivity contribution in [2.45, 2.75) is 12.2 Å². The molecule has 3 heterocycles. The Morgan fingerprint density at radius 1 is 0.900 bits per heavy atom. The summed E-state index contributed by atoms with van der Waals surface area (Å²) < 4.78 is 27.0. The first-order valence-corrected chi connectivity index (χ1v) is 9.31. The number of hydrogen-bond donors (Lipinski definition) is 0. The maximum absolute atomic E-state index is 13.5. The van der Waals surface area contributed by atoms with Gasteiger partial charge < -0.3 is 4.90 Å². The second-order valence-electron chi connectivity index (χ2n) is 7.32. The molecule has 2 aromatic carbocycles. The molecule has 3 aliphatic rings. The quantitative estimate of drug-likeness (QED) is 0.765. The summed E-state index contributed by atoms with van der Waals surface area (Å²) in [6.45, 7) is 0. The number of anilines is 1. The molecule has 2 unspecified atom stereocenters. The molecule has 5 rings (SSSR count). The minimum absolute atomic E-state index is 0.363. The van der Waals surface area contributed by atoms with E-state index in [0.717, 1.165) is 4.90 Å². The van der Waals surface area contributed by atoms with Gasteiger partial charge in [-0.2, -0.15) is 0 Å². The van der Waals surface area contributed by atoms with Crippen LogP contribution in [-0.4, -0.2) is 58.9 Å². The average Bonchev–Trinajstić information content (AvgIpc) is 3.28. The van der Waals surface area contributed by atoms with E-state index in [1.807, 2.05) is 0 Å². The van der Waals surface area contributed by atoms with E-state index >= 15 is 0 Å². The highest BCUT2D eigenvalue weighted by Crippen LogP contribution is 2.39. The monoisotopic (exact) mass is 409 g/mol. The number of likely N-dealkylation sites (N-methyl/N-ethyl adjacent to an activating group) is 2. The molecule has 9 heteroatoms. The van der Waals surface area contributed by atoms with Crippen molar-refractivity contribution in [3.05, 3.63) is 71.9 Å². The molecule has 7 nitrogen and oxygen atoms in total. The van der Waals surface area contributed by atoms with Crippen LogP contribution in [0.3, 0.4) is 0 Å². The van der Waals surface area contributed by atoms with Gasteiger partial charge in [-0.3, -0.25) is 19.5 Å². The van der Waals surface area contributed by atoms with Gasteiger partial charge >= 0.3 is 6.03 Å². The molecule has 0 spiro atoms. The zero-order valence-corrected chi connectivity index (χ0v) is 16.2. The van der Waals surface area contributed by atoms with Gasteiger partial charge in [-0.15, -0.1) is 0 Å². The summed E-state index contributed by atoms with van der Waals surface area (Å²) in [6.07, 6.45) is 1.08. The Labute approximate surface area is 171 Å². The normalized spacial score (nSPS) is 22.9. The van der Waals surface area contributed by atoms with Gasteiger partial charge in [0, 0.05) is 31.5 Å². The molecule has 0 saturated carbocycles. The highest BCUT2D eigenvalue weighted by Gasteiger charge is 2.54. The Balaban J connectivity index is 1.64. The summed E-state index contributed by atoms with van der Waals surface area (Å²) in [5.41, 5.74) is 1.99. The lowest BCUT2D eigenvalue weighted by molar-refractivity contribution is -0.135. The van der Waals surface area contributed by atoms with Crippen LogP contribution in [0.5, 0.6) is 0 Å². The summed E-state index contributed by atoms with van der Waals surface area (Å²) >= 11 is 0. The van der Waals surface area contributed by atoms with Crippen molar-refractivity contribution in [2.75, 3.05) is 19.0 Å². The van der Waals surface area contributed by atoms with Gasteiger partial charge in [0.1, 0.15) is 11.6 Å². The van der Waals surface area contributed by atoms with E-state index in [0.29, 0.717) is 22.9 Å². The lowest BCUT2D eigenvalue weighted by Crippen LogP contribution is -2.63. The zero-order chi connectivity index (χ0) is 21.2. The SMILES string of the molecule is CN1C(=O)C2C(N=C3N(c4ccc(F)cc4)C(c4ccc(F)cc4)=CN32)N(C)C1=O. The highest BCUT2D eigenvalue weighted by molar-refractivity contribution is 6.16. The van der Waals surface area contributed by atoms with Crippen LogP contribution in [-0.2, 0) is 4.79 Å². The minimum Gasteiger partial charge on any atom is -0.302 e. The molecule has 3 amide bonds. The maximum Gasteiger partial charge on any atom is 0.328 e. The number of carbonyl (C=O) groups excluding carboxylic acids is 2. The number of imide groups is 1. The van der Waals surface area contributed by atoms with Crippen molar-refractivity contribution in [1.82, 2.24) is 14.7 Å². The number of nitrogens with zero attached hydrogens (tertiary/aromatic N) is 5. The van der Waals surface area contributed by atoms with Crippen molar-refractivity contribution in [3.8, 4) is 0 Å². The van der Waals surface area contributed by atoms with E-state index in [1.54, 1.807) is 47.3 Å². The highest BCUT2D eigenvalue weighted by atomic mass is 19.1. The number of guanidine groups is 1. The van der Waals surface area contributed by atoms with Crippen LogP contribution >= 0.6 is 0 Å². The molecule has 152 valence electrons. The summed E-state index contributed by atoms with van der Waals surface area (Å²) in [7, 11) is 3.04. The van der Waals surface area contributed by atoms with E-state index in [9.17, 15) is 18.4 Å². The van der Waals surface area contributed by atoms with E-state index in [-0.39, 0.29) is 17.5 Å². The van der Waals surface area contributed by atoms with Crippen molar-refractivity contribution >= 4 is 29.3 Å². The van der Waals surface area contributed by atoms with Crippen LogP contribution in [0.25, 0.3) is 5.70 Å². The largest absolute Gasteiger partial charge is 0.328 e. The second kappa shape index (κ2) is 6.38. The van der Waals surface area contributed by atoms with Crippen molar-refractivity contribution in [2.24, 2.45) is 4.99 Å². The number of carbonyl (C=O) groups is 2. The Hall–Kier alpha value is -3.75. The van der Waals surface area contributed by atoms with E-state index in [1.165, 1.54) is 36.2 Å². The number of hydrogen-bond acceptors (Lipinski definition) is 5. The Bertz CT molecular complexity index is 1110. The maximum atomic E-state index is 13.5. The third-order valence-corrected chi connectivity index (χ3v) is 5.56. The molecule has 0 aromatic heterocycles. The van der Waals surface area contributed by atoms with Crippen LogP contribution < -0.4 is 4.90 Å². The van der Waals surface area contributed by atoms with Crippen molar-refractivity contribution in [3.63, 3.8) is 0 Å². The van der Waals surface area contributed by atoms with Crippen LogP contribution in [0.15, 0.2) is 59.7 Å². The molecule has 0 bridgehead atoms. The predicted octanol–water partition coefficient (Wildman–Crippen LogP) is 2.67. The second-order valence-corrected chi connectivity index (χ2v) is 7.32. The summed E-state index contributed by atoms with van der Waals surface area (Å²) in [5.74, 6) is -0.671. The number of amides is 3. The third-order valence-electron chi connectivity index (χ3n) is 5.56. The Morgan fingerprint density at radius 2 is 1.50 bits per heavy atom. The van der Waals surface area contributed by atoms with Gasteiger partial charge in [0.2, 0.25) is 5.96 Å². The Morgan fingerprint density at radius 3 is 2.13 bits per heavy atom. The Kier molecular flexibility index (Phi) is 3.89. The van der Waals surface area contributed by atoms with Crippen molar-refractivity contribution in [1.29, 1.82) is 0 Å².